The summed E-state index contributed by atoms with van der Waals surface area (Å²) in [6.45, 7) is 4.82. The summed E-state index contributed by atoms with van der Waals surface area (Å²) in [7, 11) is 0.305. The molecule has 3 N–H and O–H groups in total. The number of nitrogens with zero attached hydrogens (tertiary/aromatic N) is 2. The number of halogens is 1. The molecule has 2 aromatic rings. The lowest BCUT2D eigenvalue weighted by Gasteiger charge is -2.41. The maximum absolute atomic E-state index is 13.7. The maximum atomic E-state index is 13.7. The molecule has 9 heteroatoms. The monoisotopic (exact) mass is 506 g/mol. The third-order valence-electron chi connectivity index (χ3n) is 6.54. The van der Waals surface area contributed by atoms with Crippen molar-refractivity contribution in [2.75, 3.05) is 36.2 Å². The number of carbonyl (C=O) groups is 1. The molecule has 7 nitrogen and oxygen atoms in total. The van der Waals surface area contributed by atoms with Crippen LogP contribution >= 0.6 is 10.6 Å². The second-order valence-corrected chi connectivity index (χ2v) is 11.3. The fourth-order valence-corrected chi connectivity index (χ4v) is 6.77. The highest BCUT2D eigenvalue weighted by Crippen LogP contribution is 2.62. The molecule has 35 heavy (non-hydrogen) atoms. The molecule has 0 aliphatic carbocycles. The van der Waals surface area contributed by atoms with Gasteiger partial charge in [0.15, 0.2) is 5.75 Å². The zero-order valence-electron chi connectivity index (χ0n) is 20.7. The zero-order chi connectivity index (χ0) is 25.8. The van der Waals surface area contributed by atoms with Crippen molar-refractivity contribution in [2.45, 2.75) is 44.4 Å². The van der Waals surface area contributed by atoms with Gasteiger partial charge in [-0.3, -0.25) is 9.11 Å². The summed E-state index contributed by atoms with van der Waals surface area (Å²) >= 11 is 0. The van der Waals surface area contributed by atoms with Crippen LogP contribution in [0.15, 0.2) is 59.4 Å². The van der Waals surface area contributed by atoms with Gasteiger partial charge in [-0.15, -0.1) is 0 Å². The van der Waals surface area contributed by atoms with Crippen LogP contribution in [0.2, 0.25) is 0 Å². The standard InChI is InChI=1S/C26H35FN2O5S/c1-5-7-13-26(6-2)17-29(19-11-9-8-10-12-19)22-14-21(28(3)4)23(34-16-20(27)25(30)31)15-24(22)35(32,33)18-26/h8-12,14-16,32-33H,5-7,13,17-18H2,1-4H3,(H,30,31)/b20-16-. The number of rotatable bonds is 9. The van der Waals surface area contributed by atoms with Crippen molar-refractivity contribution < 1.29 is 28.1 Å². The topological polar surface area (TPSA) is 93.5 Å². The van der Waals surface area contributed by atoms with Gasteiger partial charge in [0.2, 0.25) is 5.83 Å². The molecule has 0 radical (unpaired) electrons. The Morgan fingerprint density at radius 1 is 1.23 bits per heavy atom. The predicted molar refractivity (Wildman–Crippen MR) is 140 cm³/mol. The van der Waals surface area contributed by atoms with E-state index in [1.165, 1.54) is 6.07 Å². The van der Waals surface area contributed by atoms with Crippen molar-refractivity contribution in [1.29, 1.82) is 0 Å². The van der Waals surface area contributed by atoms with E-state index in [1.54, 1.807) is 25.1 Å². The number of ether oxygens (including phenoxy) is 1. The first-order valence-corrected chi connectivity index (χ1v) is 13.4. The average Bonchev–Trinajstić information content (AvgIpc) is 2.93. The molecule has 3 rings (SSSR count). The Hall–Kier alpha value is -2.75. The number of para-hydroxylation sites is 1. The van der Waals surface area contributed by atoms with Crippen LogP contribution in [0.5, 0.6) is 5.75 Å². The van der Waals surface area contributed by atoms with Crippen molar-refractivity contribution in [1.82, 2.24) is 0 Å². The molecule has 1 aliphatic heterocycles. The van der Waals surface area contributed by atoms with Gasteiger partial charge in [0.25, 0.3) is 0 Å². The number of carboxylic acid groups (broad SMARTS) is 1. The molecular formula is C26H35FN2O5S. The van der Waals surface area contributed by atoms with Gasteiger partial charge < -0.3 is 19.6 Å². The van der Waals surface area contributed by atoms with E-state index >= 15 is 0 Å². The van der Waals surface area contributed by atoms with Crippen LogP contribution in [-0.2, 0) is 4.79 Å². The molecule has 0 saturated carbocycles. The van der Waals surface area contributed by atoms with Crippen LogP contribution in [0, 0.1) is 5.41 Å². The second-order valence-electron chi connectivity index (χ2n) is 9.26. The fraction of sp³-hybridized carbons (Fsp3) is 0.423. The molecule has 0 aromatic heterocycles. The minimum absolute atomic E-state index is 0.135. The minimum atomic E-state index is -3.26. The van der Waals surface area contributed by atoms with E-state index in [0.717, 1.165) is 31.4 Å². The third-order valence-corrected chi connectivity index (χ3v) is 8.58. The highest BCUT2D eigenvalue weighted by atomic mass is 32.3. The van der Waals surface area contributed by atoms with Crippen LogP contribution in [0.3, 0.4) is 0 Å². The van der Waals surface area contributed by atoms with Gasteiger partial charge in [-0.1, -0.05) is 44.9 Å². The van der Waals surface area contributed by atoms with Crippen molar-refractivity contribution >= 4 is 33.6 Å². The van der Waals surface area contributed by atoms with Crippen molar-refractivity contribution in [3.05, 3.63) is 54.6 Å². The highest BCUT2D eigenvalue weighted by molar-refractivity contribution is 8.24. The minimum Gasteiger partial charge on any atom is -0.476 e. The van der Waals surface area contributed by atoms with E-state index in [9.17, 15) is 18.3 Å². The third kappa shape index (κ3) is 5.91. The van der Waals surface area contributed by atoms with E-state index < -0.39 is 22.4 Å². The summed E-state index contributed by atoms with van der Waals surface area (Å²) in [6.07, 6.45) is 4.12. The molecule has 0 bridgehead atoms. The maximum Gasteiger partial charge on any atom is 0.368 e. The van der Waals surface area contributed by atoms with Gasteiger partial charge in [0.1, 0.15) is 6.26 Å². The van der Waals surface area contributed by atoms with Crippen molar-refractivity contribution in [3.63, 3.8) is 0 Å². The summed E-state index contributed by atoms with van der Waals surface area (Å²) in [5.41, 5.74) is 1.78. The lowest BCUT2D eigenvalue weighted by molar-refractivity contribution is -0.134. The normalized spacial score (nSPS) is 20.5. The van der Waals surface area contributed by atoms with Crippen LogP contribution in [0.1, 0.15) is 39.5 Å². The Kier molecular flexibility index (Phi) is 8.35. The molecular weight excluding hydrogens is 471 g/mol. The molecule has 2 aromatic carbocycles. The first-order chi connectivity index (χ1) is 16.5. The molecule has 0 amide bonds. The Bertz CT molecular complexity index is 1080. The molecule has 1 unspecified atom stereocenters. The number of hydrogen-bond donors (Lipinski definition) is 3. The van der Waals surface area contributed by atoms with Crippen LogP contribution in [0.4, 0.5) is 21.5 Å². The Morgan fingerprint density at radius 2 is 1.91 bits per heavy atom. The van der Waals surface area contributed by atoms with Gasteiger partial charge in [-0.05, 0) is 31.0 Å². The van der Waals surface area contributed by atoms with Gasteiger partial charge in [-0.25, -0.2) is 4.79 Å². The van der Waals surface area contributed by atoms with Crippen molar-refractivity contribution in [3.8, 4) is 5.75 Å². The lowest BCUT2D eigenvalue weighted by atomic mass is 9.81. The molecule has 0 saturated heterocycles. The average molecular weight is 507 g/mol. The number of fused-ring (bicyclic) bond motifs is 1. The van der Waals surface area contributed by atoms with E-state index in [-0.39, 0.29) is 16.9 Å². The molecule has 1 heterocycles. The van der Waals surface area contributed by atoms with E-state index in [2.05, 4.69) is 18.7 Å². The van der Waals surface area contributed by atoms with Crippen molar-refractivity contribution in [2.24, 2.45) is 5.41 Å². The number of benzene rings is 2. The smallest absolute Gasteiger partial charge is 0.368 e. The van der Waals surface area contributed by atoms with E-state index in [4.69, 9.17) is 9.84 Å². The van der Waals surface area contributed by atoms with Gasteiger partial charge >= 0.3 is 5.97 Å². The highest BCUT2D eigenvalue weighted by Gasteiger charge is 2.42. The second kappa shape index (κ2) is 10.9. The largest absolute Gasteiger partial charge is 0.476 e. The Labute approximate surface area is 208 Å². The van der Waals surface area contributed by atoms with E-state index in [0.29, 0.717) is 29.1 Å². The fourth-order valence-electron chi connectivity index (χ4n) is 4.52. The molecule has 0 spiro atoms. The lowest BCUT2D eigenvalue weighted by Crippen LogP contribution is -2.37. The summed E-state index contributed by atoms with van der Waals surface area (Å²) in [5.74, 6) is -2.86. The van der Waals surface area contributed by atoms with Gasteiger partial charge in [0, 0.05) is 43.6 Å². The van der Waals surface area contributed by atoms with Crippen LogP contribution in [0.25, 0.3) is 0 Å². The summed E-state index contributed by atoms with van der Waals surface area (Å²) in [5, 5.41) is 8.85. The number of carboxylic acids is 1. The number of aliphatic carboxylic acids is 1. The Morgan fingerprint density at radius 3 is 2.49 bits per heavy atom. The van der Waals surface area contributed by atoms with Crippen LogP contribution < -0.4 is 14.5 Å². The molecule has 0 fully saturated rings. The number of anilines is 3. The quantitative estimate of drug-likeness (QED) is 0.252. The van der Waals surface area contributed by atoms with Gasteiger partial charge in [-0.2, -0.15) is 15.0 Å². The van der Waals surface area contributed by atoms with Gasteiger partial charge in [0.05, 0.1) is 16.3 Å². The molecule has 1 atom stereocenters. The summed E-state index contributed by atoms with van der Waals surface area (Å²) < 4.78 is 42.1. The predicted octanol–water partition coefficient (Wildman–Crippen LogP) is 6.87. The first-order valence-electron chi connectivity index (χ1n) is 11.7. The molecule has 192 valence electrons. The number of hydrogen-bond acceptors (Lipinski definition) is 6. The summed E-state index contributed by atoms with van der Waals surface area (Å²) in [6, 6.07) is 13.1. The number of unbranched alkanes of at least 4 members (excludes halogenated alkanes) is 1. The van der Waals surface area contributed by atoms with E-state index in [1.807, 2.05) is 30.3 Å². The molecule has 1 aliphatic rings. The SMILES string of the molecule is CCCCC1(CC)CN(c2ccccc2)c2cc(N(C)C)c(O/C=C(\F)C(=O)O)cc2S(O)(O)C1. The zero-order valence-corrected chi connectivity index (χ0v) is 21.5. The van der Waals surface area contributed by atoms with Crippen LogP contribution in [-0.4, -0.2) is 46.6 Å². The Balaban J connectivity index is 2.25. The first kappa shape index (κ1) is 26.8. The summed E-state index contributed by atoms with van der Waals surface area (Å²) in [4.78, 5) is 15.1.